The lowest BCUT2D eigenvalue weighted by Gasteiger charge is -2.49. The molecular formula is C27H27ClN6O11S2. The first-order valence-corrected chi connectivity index (χ1v) is 15.7. The Bertz CT molecular complexity index is 1650. The lowest BCUT2D eigenvalue weighted by molar-refractivity contribution is -0.384. The monoisotopic (exact) mass is 710 g/mol. The smallest absolute Gasteiger partial charge is 0.358 e. The van der Waals surface area contributed by atoms with Crippen LogP contribution in [0.1, 0.15) is 32.0 Å². The lowest BCUT2D eigenvalue weighted by atomic mass is 10.0. The fraction of sp³-hybridized carbons (Fsp3) is 0.370. The Labute approximate surface area is 279 Å². The number of nitrogens with one attached hydrogen (secondary N) is 2. The van der Waals surface area contributed by atoms with E-state index in [4.69, 9.17) is 30.6 Å². The molecule has 0 radical (unpaired) electrons. The first-order valence-electron chi connectivity index (χ1n) is 13.5. The number of carbonyl (C=O) groups excluding carboxylic acids is 5. The van der Waals surface area contributed by atoms with Crippen molar-refractivity contribution < 1.29 is 47.9 Å². The number of fused-ring (bicyclic) bond motifs is 1. The molecule has 0 spiro atoms. The van der Waals surface area contributed by atoms with Crippen LogP contribution in [0.15, 0.2) is 40.9 Å². The molecule has 1 fully saturated rings. The van der Waals surface area contributed by atoms with Crippen LogP contribution in [0.25, 0.3) is 0 Å². The third kappa shape index (κ3) is 8.35. The number of thiazole rings is 1. The summed E-state index contributed by atoms with van der Waals surface area (Å²) in [6.45, 7) is 4.05. The number of thioether (sulfide) groups is 1. The van der Waals surface area contributed by atoms with Gasteiger partial charge in [0.15, 0.2) is 16.5 Å². The molecule has 1 aromatic heterocycles. The Balaban J connectivity index is 1.49. The molecule has 17 nitrogen and oxygen atoms in total. The summed E-state index contributed by atoms with van der Waals surface area (Å²) in [6.07, 6.45) is 0.354. The third-order valence-electron chi connectivity index (χ3n) is 6.14. The van der Waals surface area contributed by atoms with Crippen molar-refractivity contribution in [3.05, 3.63) is 61.4 Å². The van der Waals surface area contributed by atoms with Gasteiger partial charge in [0, 0.05) is 12.1 Å². The number of hydrogen-bond donors (Lipinski definition) is 2. The molecule has 2 aliphatic heterocycles. The zero-order valence-corrected chi connectivity index (χ0v) is 27.5. The van der Waals surface area contributed by atoms with E-state index in [-0.39, 0.29) is 44.7 Å². The van der Waals surface area contributed by atoms with Crippen molar-refractivity contribution >= 4 is 81.4 Å². The fourth-order valence-electron chi connectivity index (χ4n) is 4.15. The minimum Gasteiger partial charge on any atom is -0.498 e. The van der Waals surface area contributed by atoms with Crippen LogP contribution in [0.5, 0.6) is 0 Å². The zero-order valence-electron chi connectivity index (χ0n) is 25.1. The molecule has 1 aromatic carbocycles. The molecule has 0 saturated carbocycles. The van der Waals surface area contributed by atoms with E-state index in [1.165, 1.54) is 43.1 Å². The number of aromatic nitrogens is 1. The van der Waals surface area contributed by atoms with Gasteiger partial charge in [-0.1, -0.05) is 28.1 Å². The largest absolute Gasteiger partial charge is 0.498 e. The molecule has 1 unspecified atom stereocenters. The minimum absolute atomic E-state index is 0.0375. The highest BCUT2D eigenvalue weighted by atomic mass is 35.5. The number of anilines is 1. The molecule has 2 aliphatic rings. The van der Waals surface area contributed by atoms with Crippen molar-refractivity contribution in [2.45, 2.75) is 44.4 Å². The summed E-state index contributed by atoms with van der Waals surface area (Å²) in [5.41, 5.74) is -1.32. The molecule has 20 heteroatoms. The van der Waals surface area contributed by atoms with E-state index in [2.05, 4.69) is 20.8 Å². The minimum atomic E-state index is -1.15. The van der Waals surface area contributed by atoms with Crippen molar-refractivity contribution in [1.82, 2.24) is 15.2 Å². The number of nitro benzene ring substituents is 1. The van der Waals surface area contributed by atoms with Crippen LogP contribution < -0.4 is 10.6 Å². The van der Waals surface area contributed by atoms with Crippen molar-refractivity contribution in [1.29, 1.82) is 0 Å². The van der Waals surface area contributed by atoms with Crippen molar-refractivity contribution in [2.24, 2.45) is 5.16 Å². The first kappa shape index (κ1) is 35.1. The van der Waals surface area contributed by atoms with Gasteiger partial charge >= 0.3 is 11.9 Å². The number of ether oxygens (including phenoxy) is 3. The quantitative estimate of drug-likeness (QED) is 0.0763. The highest BCUT2D eigenvalue weighted by Crippen LogP contribution is 2.41. The van der Waals surface area contributed by atoms with Crippen molar-refractivity contribution in [3.63, 3.8) is 0 Å². The predicted molar refractivity (Wildman–Crippen MR) is 167 cm³/mol. The average molecular weight is 711 g/mol. The van der Waals surface area contributed by atoms with Crippen LogP contribution in [0.4, 0.5) is 10.8 Å². The summed E-state index contributed by atoms with van der Waals surface area (Å²) < 4.78 is 15.8. The normalized spacial score (nSPS) is 17.6. The number of carbonyl (C=O) groups is 5. The van der Waals surface area contributed by atoms with Gasteiger partial charge in [0.2, 0.25) is 13.0 Å². The van der Waals surface area contributed by atoms with Gasteiger partial charge < -0.3 is 29.7 Å². The Morgan fingerprint density at radius 2 is 1.96 bits per heavy atom. The third-order valence-corrected chi connectivity index (χ3v) is 8.58. The van der Waals surface area contributed by atoms with E-state index in [9.17, 15) is 34.1 Å². The topological polar surface area (TPSA) is 218 Å². The number of nitro groups is 1. The number of non-ortho nitro benzene ring substituents is 1. The maximum atomic E-state index is 13.5. The van der Waals surface area contributed by atoms with E-state index in [0.29, 0.717) is 12.0 Å². The predicted octanol–water partition coefficient (Wildman–Crippen LogP) is 2.34. The first-order chi connectivity index (χ1) is 22.2. The molecule has 2 aromatic rings. The fourth-order valence-corrected chi connectivity index (χ4v) is 6.47. The summed E-state index contributed by atoms with van der Waals surface area (Å²) in [4.78, 5) is 83.6. The Kier molecular flexibility index (Phi) is 11.0. The van der Waals surface area contributed by atoms with Gasteiger partial charge in [0.25, 0.3) is 17.5 Å². The van der Waals surface area contributed by atoms with Gasteiger partial charge in [0.05, 0.1) is 17.8 Å². The van der Waals surface area contributed by atoms with E-state index in [1.807, 2.05) is 0 Å². The van der Waals surface area contributed by atoms with Crippen LogP contribution in [-0.4, -0.2) is 87.2 Å². The molecule has 3 heterocycles. The number of β-lactam (4-membered cyclic amide) rings is 1. The van der Waals surface area contributed by atoms with E-state index < -0.39 is 58.0 Å². The van der Waals surface area contributed by atoms with Gasteiger partial charge in [-0.2, -0.15) is 0 Å². The standard InChI is InChI=1S/C27H27ClN6O11S2/c1-27(2,3)45-16(36)10-44-32-18(17-21(28)47-26(31-17)29-12-35)22(37)30-19-23(38)33-20(15(42-4)11-46-24(19)33)25(39)43-9-13-5-7-14(8-6-13)34(40)41/h5-8,12,19,24H,9-11H2,1-4H3,(H,30,37)(H,29,31,35)/t19?,24-/m0/s1. The van der Waals surface area contributed by atoms with E-state index >= 15 is 0 Å². The summed E-state index contributed by atoms with van der Waals surface area (Å²) in [5, 5.41) is 18.8. The van der Waals surface area contributed by atoms with Gasteiger partial charge in [-0.25, -0.2) is 14.6 Å². The highest BCUT2D eigenvalue weighted by molar-refractivity contribution is 8.00. The molecule has 47 heavy (non-hydrogen) atoms. The number of esters is 2. The molecule has 4 rings (SSSR count). The van der Waals surface area contributed by atoms with Crippen LogP contribution in [-0.2, 0) is 49.6 Å². The number of halogens is 1. The molecule has 0 bridgehead atoms. The number of nitrogens with zero attached hydrogens (tertiary/aromatic N) is 4. The summed E-state index contributed by atoms with van der Waals surface area (Å²) in [6, 6.07) is 4.24. The second-order valence-electron chi connectivity index (χ2n) is 10.5. The summed E-state index contributed by atoms with van der Waals surface area (Å²) >= 11 is 8.29. The number of oxime groups is 1. The van der Waals surface area contributed by atoms with E-state index in [1.54, 1.807) is 20.8 Å². The molecule has 2 atom stereocenters. The maximum Gasteiger partial charge on any atom is 0.358 e. The van der Waals surface area contributed by atoms with E-state index in [0.717, 1.165) is 16.2 Å². The Morgan fingerprint density at radius 1 is 1.26 bits per heavy atom. The molecule has 250 valence electrons. The number of hydrogen-bond acceptors (Lipinski definition) is 15. The van der Waals surface area contributed by atoms with Gasteiger partial charge in [-0.15, -0.1) is 11.8 Å². The van der Waals surface area contributed by atoms with Gasteiger partial charge in [0.1, 0.15) is 39.4 Å². The molecule has 1 saturated heterocycles. The highest BCUT2D eigenvalue weighted by Gasteiger charge is 2.55. The summed E-state index contributed by atoms with van der Waals surface area (Å²) in [5.74, 6) is -2.97. The maximum absolute atomic E-state index is 13.5. The van der Waals surface area contributed by atoms with Crippen molar-refractivity contribution in [2.75, 3.05) is 24.8 Å². The van der Waals surface area contributed by atoms with Gasteiger partial charge in [-0.3, -0.25) is 29.4 Å². The number of methoxy groups -OCH3 is 1. The molecule has 3 amide bonds. The molecule has 2 N–H and O–H groups in total. The average Bonchev–Trinajstić information content (AvgIpc) is 3.38. The zero-order chi connectivity index (χ0) is 34.5. The molecule has 0 aliphatic carbocycles. The Hall–Kier alpha value is -4.75. The van der Waals surface area contributed by atoms with Crippen LogP contribution >= 0.6 is 34.7 Å². The second kappa shape index (κ2) is 14.8. The Morgan fingerprint density at radius 3 is 2.57 bits per heavy atom. The SMILES string of the molecule is COC1=C(C(=O)OCc2ccc([N+](=O)[O-])cc2)N2C(=O)C(NC(=O)C(=NOCC(=O)OC(C)(C)C)c3nc(NC=O)sc3Cl)[C@@H]2SC1. The number of amides is 3. The summed E-state index contributed by atoms with van der Waals surface area (Å²) in [7, 11) is 1.33. The van der Waals surface area contributed by atoms with Crippen LogP contribution in [0.3, 0.4) is 0 Å². The molecular weight excluding hydrogens is 684 g/mol. The number of rotatable bonds is 13. The van der Waals surface area contributed by atoms with Crippen LogP contribution in [0.2, 0.25) is 4.34 Å². The van der Waals surface area contributed by atoms with Gasteiger partial charge in [-0.05, 0) is 38.5 Å². The van der Waals surface area contributed by atoms with Crippen molar-refractivity contribution in [3.8, 4) is 0 Å². The second-order valence-corrected chi connectivity index (χ2v) is 13.2. The number of benzene rings is 1. The van der Waals surface area contributed by atoms with Crippen LogP contribution in [0, 0.1) is 10.1 Å². The lowest BCUT2D eigenvalue weighted by Crippen LogP contribution is -2.71.